The summed E-state index contributed by atoms with van der Waals surface area (Å²) in [6.07, 6.45) is 5.90. The zero-order valence-electron chi connectivity index (χ0n) is 24.4. The Morgan fingerprint density at radius 2 is 1.73 bits per heavy atom. The number of likely N-dealkylation sites (tertiary alicyclic amines) is 1. The maximum absolute atomic E-state index is 13.3. The monoisotopic (exact) mass is 686 g/mol. The first-order chi connectivity index (χ1) is 21.3. The van der Waals surface area contributed by atoms with E-state index in [9.17, 15) is 18.4 Å². The van der Waals surface area contributed by atoms with Crippen molar-refractivity contribution in [2.24, 2.45) is 5.92 Å². The Hall–Kier alpha value is -3.05. The van der Waals surface area contributed by atoms with Crippen LogP contribution in [0.4, 0.5) is 8.78 Å². The molecular formula is C32H35Cl3F2N2O6. The lowest BCUT2D eigenvalue weighted by Crippen LogP contribution is -2.33. The van der Waals surface area contributed by atoms with Gasteiger partial charge in [-0.05, 0) is 86.7 Å². The molecule has 5 rings (SSSR count). The van der Waals surface area contributed by atoms with Crippen LogP contribution in [-0.2, 0) is 11.2 Å². The van der Waals surface area contributed by atoms with Gasteiger partial charge < -0.3 is 23.9 Å². The molecular weight excluding hydrogens is 653 g/mol. The number of aromatic amines is 1. The Labute approximate surface area is 276 Å². The number of benzene rings is 2. The minimum absolute atomic E-state index is 0. The molecule has 13 heteroatoms. The van der Waals surface area contributed by atoms with Gasteiger partial charge in [-0.25, -0.2) is 4.79 Å². The van der Waals surface area contributed by atoms with E-state index in [4.69, 9.17) is 37.4 Å². The lowest BCUT2D eigenvalue weighted by atomic mass is 10.0. The van der Waals surface area contributed by atoms with E-state index in [0.29, 0.717) is 30.4 Å². The van der Waals surface area contributed by atoms with Crippen LogP contribution < -0.4 is 19.8 Å². The summed E-state index contributed by atoms with van der Waals surface area (Å²) in [4.78, 5) is 30.4. The fourth-order valence-electron chi connectivity index (χ4n) is 5.00. The first-order valence-electron chi connectivity index (χ1n) is 14.7. The Morgan fingerprint density at radius 3 is 2.42 bits per heavy atom. The molecule has 0 amide bonds. The maximum atomic E-state index is 13.3. The molecule has 1 saturated carbocycles. The fourth-order valence-corrected chi connectivity index (χ4v) is 5.51. The van der Waals surface area contributed by atoms with Crippen molar-refractivity contribution in [3.8, 4) is 17.2 Å². The van der Waals surface area contributed by atoms with Gasteiger partial charge in [0.1, 0.15) is 23.5 Å². The Balaban J connectivity index is 0.00000461. The molecule has 0 radical (unpaired) electrons. The highest BCUT2D eigenvalue weighted by Gasteiger charge is 2.26. The first kappa shape index (κ1) is 34.8. The number of ether oxygens (including phenoxy) is 4. The average molecular weight is 688 g/mol. The molecule has 3 aromatic rings. The Bertz CT molecular complexity index is 1480. The highest BCUT2D eigenvalue weighted by atomic mass is 35.5. The van der Waals surface area contributed by atoms with Gasteiger partial charge in [-0.3, -0.25) is 9.69 Å². The SMILES string of the molecule is Cl.O=C(OC(Cc1c(Cl)c[nH]c(=O)c1Cl)c1ccc(OC(F)F)c(OCC2CC2)c1)c1ccc(OCCN2CCCCC2)cc1. The van der Waals surface area contributed by atoms with Crippen LogP contribution in [0.15, 0.2) is 53.5 Å². The van der Waals surface area contributed by atoms with E-state index in [1.807, 2.05) is 0 Å². The molecule has 0 spiro atoms. The maximum Gasteiger partial charge on any atom is 0.387 e. The van der Waals surface area contributed by atoms with E-state index in [-0.39, 0.29) is 51.5 Å². The number of carbonyl (C=O) groups is 1. The molecule has 1 aliphatic carbocycles. The summed E-state index contributed by atoms with van der Waals surface area (Å²) < 4.78 is 48.5. The number of esters is 1. The lowest BCUT2D eigenvalue weighted by Gasteiger charge is -2.26. The van der Waals surface area contributed by atoms with E-state index >= 15 is 0 Å². The number of rotatable bonds is 14. The third kappa shape index (κ3) is 9.97. The van der Waals surface area contributed by atoms with Crippen LogP contribution in [-0.4, -0.2) is 55.3 Å². The zero-order chi connectivity index (χ0) is 31.1. The molecule has 8 nitrogen and oxygen atoms in total. The molecule has 244 valence electrons. The van der Waals surface area contributed by atoms with E-state index in [1.54, 1.807) is 24.3 Å². The molecule has 1 saturated heterocycles. The predicted molar refractivity (Wildman–Crippen MR) is 170 cm³/mol. The number of hydrogen-bond donors (Lipinski definition) is 1. The average Bonchev–Trinajstić information content (AvgIpc) is 3.85. The summed E-state index contributed by atoms with van der Waals surface area (Å²) in [5.41, 5.74) is 0.391. The van der Waals surface area contributed by atoms with Crippen molar-refractivity contribution >= 4 is 41.6 Å². The van der Waals surface area contributed by atoms with Crippen molar-refractivity contribution < 1.29 is 32.5 Å². The number of halogens is 5. The molecule has 2 fully saturated rings. The fraction of sp³-hybridized carbons (Fsp3) is 0.438. The van der Waals surface area contributed by atoms with E-state index in [0.717, 1.165) is 32.5 Å². The summed E-state index contributed by atoms with van der Waals surface area (Å²) in [5, 5.41) is 0.0250. The number of pyridine rings is 1. The first-order valence-corrected chi connectivity index (χ1v) is 15.5. The van der Waals surface area contributed by atoms with Gasteiger partial charge in [0.05, 0.1) is 17.2 Å². The standard InChI is InChI=1S/C32H34Cl2F2N2O6.ClH/c33-25-18-37-30(39)29(34)24(25)17-27(22-8-11-26(44-32(35)36)28(16-22)42-19-20-4-5-20)43-31(40)21-6-9-23(10-7-21)41-15-14-38-12-2-1-3-13-38;/h6-11,16,18,20,27,32H,1-5,12-15,17,19H2,(H,37,39);1H. The van der Waals surface area contributed by atoms with E-state index in [1.165, 1.54) is 43.7 Å². The van der Waals surface area contributed by atoms with Crippen molar-refractivity contribution in [1.29, 1.82) is 0 Å². The highest BCUT2D eigenvalue weighted by Crippen LogP contribution is 2.38. The van der Waals surface area contributed by atoms with Crippen molar-refractivity contribution in [1.82, 2.24) is 9.88 Å². The number of piperidine rings is 1. The summed E-state index contributed by atoms with van der Waals surface area (Å²) in [6, 6.07) is 10.9. The van der Waals surface area contributed by atoms with E-state index < -0.39 is 24.2 Å². The Kier molecular flexibility index (Phi) is 12.8. The van der Waals surface area contributed by atoms with Crippen molar-refractivity contribution in [3.05, 3.63) is 85.8 Å². The lowest BCUT2D eigenvalue weighted by molar-refractivity contribution is -0.0515. The summed E-state index contributed by atoms with van der Waals surface area (Å²) in [5.74, 6) is 0.268. The third-order valence-electron chi connectivity index (χ3n) is 7.66. The molecule has 1 N–H and O–H groups in total. The molecule has 2 aliphatic rings. The van der Waals surface area contributed by atoms with Crippen LogP contribution >= 0.6 is 35.6 Å². The molecule has 45 heavy (non-hydrogen) atoms. The summed E-state index contributed by atoms with van der Waals surface area (Å²) in [6.45, 7) is 0.833. The molecule has 1 unspecified atom stereocenters. The second-order valence-electron chi connectivity index (χ2n) is 11.0. The normalized spacial score (nSPS) is 15.7. The second kappa shape index (κ2) is 16.5. The van der Waals surface area contributed by atoms with Crippen LogP contribution in [0.3, 0.4) is 0 Å². The second-order valence-corrected chi connectivity index (χ2v) is 11.8. The topological polar surface area (TPSA) is 90.1 Å². The minimum Gasteiger partial charge on any atom is -0.492 e. The van der Waals surface area contributed by atoms with Gasteiger partial charge >= 0.3 is 12.6 Å². The van der Waals surface area contributed by atoms with Gasteiger partial charge in [-0.15, -0.1) is 12.4 Å². The van der Waals surface area contributed by atoms with Crippen LogP contribution in [0.25, 0.3) is 0 Å². The van der Waals surface area contributed by atoms with Gasteiger partial charge in [0.15, 0.2) is 11.5 Å². The van der Waals surface area contributed by atoms with Gasteiger partial charge in [-0.2, -0.15) is 8.78 Å². The van der Waals surface area contributed by atoms with Crippen molar-refractivity contribution in [3.63, 3.8) is 0 Å². The number of alkyl halides is 2. The van der Waals surface area contributed by atoms with Crippen LogP contribution in [0.5, 0.6) is 17.2 Å². The van der Waals surface area contributed by atoms with E-state index in [2.05, 4.69) is 14.6 Å². The van der Waals surface area contributed by atoms with Crippen LogP contribution in [0.2, 0.25) is 10.0 Å². The summed E-state index contributed by atoms with van der Waals surface area (Å²) >= 11 is 12.6. The predicted octanol–water partition coefficient (Wildman–Crippen LogP) is 7.50. The number of H-pyrrole nitrogens is 1. The van der Waals surface area contributed by atoms with Crippen molar-refractivity contribution in [2.75, 3.05) is 32.8 Å². The Morgan fingerprint density at radius 1 is 1.00 bits per heavy atom. The zero-order valence-corrected chi connectivity index (χ0v) is 26.8. The van der Waals surface area contributed by atoms with Gasteiger partial charge in [0.2, 0.25) is 0 Å². The molecule has 1 atom stereocenters. The molecule has 2 heterocycles. The van der Waals surface area contributed by atoms with Gasteiger partial charge in [0.25, 0.3) is 5.56 Å². The summed E-state index contributed by atoms with van der Waals surface area (Å²) in [7, 11) is 0. The number of carbonyl (C=O) groups excluding carboxylic acids is 1. The number of nitrogens with zero attached hydrogens (tertiary/aromatic N) is 1. The van der Waals surface area contributed by atoms with Crippen LogP contribution in [0.1, 0.15) is 59.7 Å². The van der Waals surface area contributed by atoms with Crippen LogP contribution in [0, 0.1) is 5.92 Å². The number of nitrogens with one attached hydrogen (secondary N) is 1. The molecule has 0 bridgehead atoms. The van der Waals surface area contributed by atoms with Gasteiger partial charge in [0, 0.05) is 24.7 Å². The largest absolute Gasteiger partial charge is 0.492 e. The highest BCUT2D eigenvalue weighted by molar-refractivity contribution is 6.35. The number of hydrogen-bond acceptors (Lipinski definition) is 7. The van der Waals surface area contributed by atoms with Crippen molar-refractivity contribution in [2.45, 2.75) is 51.2 Å². The molecule has 1 aliphatic heterocycles. The molecule has 1 aromatic heterocycles. The molecule has 2 aromatic carbocycles. The smallest absolute Gasteiger partial charge is 0.387 e. The quantitative estimate of drug-likeness (QED) is 0.176. The minimum atomic E-state index is -3.05. The number of aromatic nitrogens is 1. The van der Waals surface area contributed by atoms with Gasteiger partial charge in [-0.1, -0.05) is 35.7 Å². The third-order valence-corrected chi connectivity index (χ3v) is 8.40.